The number of amides is 9. The van der Waals surface area contributed by atoms with E-state index >= 15 is 0 Å². The summed E-state index contributed by atoms with van der Waals surface area (Å²) >= 11 is 0. The molecule has 0 aliphatic heterocycles. The topological polar surface area (TPSA) is 457 Å². The molecule has 9 amide bonds. The van der Waals surface area contributed by atoms with Crippen LogP contribution in [0.5, 0.6) is 17.2 Å². The summed E-state index contributed by atoms with van der Waals surface area (Å²) < 4.78 is 0. The second-order valence-electron chi connectivity index (χ2n) is 16.4. The molecule has 27 heteroatoms. The summed E-state index contributed by atoms with van der Waals surface area (Å²) in [5.74, 6) is -12.3. The van der Waals surface area contributed by atoms with Crippen LogP contribution in [-0.4, -0.2) is 158 Å². The number of primary amides is 1. The Morgan fingerprint density at radius 2 is 0.863 bits per heavy atom. The highest BCUT2D eigenvalue weighted by molar-refractivity contribution is 5.98. The summed E-state index contributed by atoms with van der Waals surface area (Å²) in [7, 11) is 0. The lowest BCUT2D eigenvalue weighted by Gasteiger charge is -2.25. The summed E-state index contributed by atoms with van der Waals surface area (Å²) in [5.41, 5.74) is 11.9. The molecular formula is C46H58N10O17. The van der Waals surface area contributed by atoms with Gasteiger partial charge in [-0.25, -0.2) is 4.79 Å². The number of aliphatic hydroxyl groups excluding tert-OH is 1. The van der Waals surface area contributed by atoms with Crippen molar-refractivity contribution in [3.8, 4) is 17.2 Å². The number of benzene rings is 3. The molecule has 0 fully saturated rings. The largest absolute Gasteiger partial charge is 0.508 e. The smallest absolute Gasteiger partial charge is 0.326 e. The SMILES string of the molecule is C[C@H](NC(=O)[C@H](Cc1ccc(O)cc1)NC(=O)CNC(=O)[C@@H](N)CCC(N)=O)C(=O)NCC(=O)N[C@@H](CO)C(=O)N[C@@H](Cc1ccc(O)cc1)C(=O)N[C@@H](CC(=O)O)C(=O)N[C@@H](Cc1ccc(O)cc1)C(=O)O. The molecule has 394 valence electrons. The number of hydrogen-bond acceptors (Lipinski definition) is 16. The highest BCUT2D eigenvalue weighted by Gasteiger charge is 2.33. The number of phenolic OH excluding ortho intramolecular Hbond substituents is 3. The molecule has 0 unspecified atom stereocenters. The number of phenols is 3. The van der Waals surface area contributed by atoms with Crippen LogP contribution in [0, 0.1) is 0 Å². The molecule has 0 heterocycles. The van der Waals surface area contributed by atoms with Gasteiger partial charge in [-0.2, -0.15) is 0 Å². The second-order valence-corrected chi connectivity index (χ2v) is 16.4. The second kappa shape index (κ2) is 28.7. The number of aromatic hydroxyl groups is 3. The Balaban J connectivity index is 1.67. The van der Waals surface area contributed by atoms with Gasteiger partial charge in [0.1, 0.15) is 53.5 Å². The first-order chi connectivity index (χ1) is 34.4. The van der Waals surface area contributed by atoms with E-state index < -0.39 is 134 Å². The van der Waals surface area contributed by atoms with Crippen molar-refractivity contribution in [2.24, 2.45) is 11.5 Å². The average molecular weight is 1020 g/mol. The molecule has 0 bridgehead atoms. The zero-order valence-corrected chi connectivity index (χ0v) is 39.2. The van der Waals surface area contributed by atoms with E-state index in [1.54, 1.807) is 0 Å². The summed E-state index contributed by atoms with van der Waals surface area (Å²) in [6.07, 6.45) is -2.18. The standard InChI is InChI=1S/C46H58N10O17/c1-23(51-42(68)31(16-24-2-8-27(58)9-3-24)52-37(62)21-50-41(67)30(47)14-15-36(48)61)40(66)49-20-38(63)53-35(22-57)45(71)54-32(17-25-4-10-28(59)11-5-25)43(69)55-33(19-39(64)65)44(70)56-34(46(72)73)18-26-6-12-29(60)13-7-26/h2-13,23,30-35,57-60H,14-22,47H2,1H3,(H2,48,61)(H,49,66)(H,50,67)(H,51,68)(H,52,62)(H,53,63)(H,54,71)(H,55,69)(H,56,70)(H,64,65)(H,72,73)/t23-,30-,31-,32-,33-,34-,35-/m0/s1. The lowest BCUT2D eigenvalue weighted by Crippen LogP contribution is -2.59. The van der Waals surface area contributed by atoms with Crippen molar-refractivity contribution in [3.05, 3.63) is 89.5 Å². The Kier molecular flexibility index (Phi) is 23.0. The quantitative estimate of drug-likeness (QED) is 0.0310. The van der Waals surface area contributed by atoms with Crippen LogP contribution in [-0.2, 0) is 72.0 Å². The van der Waals surface area contributed by atoms with Crippen LogP contribution < -0.4 is 54.0 Å². The van der Waals surface area contributed by atoms with Crippen LogP contribution in [0.4, 0.5) is 0 Å². The van der Waals surface area contributed by atoms with Crippen LogP contribution >= 0.6 is 0 Å². The lowest BCUT2D eigenvalue weighted by molar-refractivity contribution is -0.143. The van der Waals surface area contributed by atoms with Crippen molar-refractivity contribution in [2.45, 2.75) is 87.7 Å². The van der Waals surface area contributed by atoms with Gasteiger partial charge in [0.25, 0.3) is 0 Å². The van der Waals surface area contributed by atoms with E-state index in [4.69, 9.17) is 11.5 Å². The number of carbonyl (C=O) groups excluding carboxylic acids is 9. The third-order valence-corrected chi connectivity index (χ3v) is 10.5. The van der Waals surface area contributed by atoms with Crippen LogP contribution in [0.3, 0.4) is 0 Å². The molecule has 0 aromatic heterocycles. The lowest BCUT2D eigenvalue weighted by atomic mass is 10.0. The highest BCUT2D eigenvalue weighted by Crippen LogP contribution is 2.15. The zero-order valence-electron chi connectivity index (χ0n) is 39.2. The number of hydrogen-bond donors (Lipinski definition) is 16. The van der Waals surface area contributed by atoms with Gasteiger partial charge in [-0.15, -0.1) is 0 Å². The Morgan fingerprint density at radius 1 is 0.493 bits per heavy atom. The van der Waals surface area contributed by atoms with E-state index in [0.29, 0.717) is 16.7 Å². The van der Waals surface area contributed by atoms with E-state index in [-0.39, 0.29) is 49.4 Å². The molecule has 0 aliphatic carbocycles. The Morgan fingerprint density at radius 3 is 1.30 bits per heavy atom. The van der Waals surface area contributed by atoms with Gasteiger partial charge in [-0.1, -0.05) is 36.4 Å². The molecule has 0 spiro atoms. The predicted molar refractivity (Wildman–Crippen MR) is 252 cm³/mol. The number of aliphatic carboxylic acids is 2. The molecule has 0 saturated heterocycles. The van der Waals surface area contributed by atoms with E-state index in [2.05, 4.69) is 42.5 Å². The van der Waals surface area contributed by atoms with Crippen LogP contribution in [0.25, 0.3) is 0 Å². The molecule has 0 saturated carbocycles. The van der Waals surface area contributed by atoms with Gasteiger partial charge in [-0.05, 0) is 66.4 Å². The number of nitrogens with one attached hydrogen (secondary N) is 8. The van der Waals surface area contributed by atoms with Crippen LogP contribution in [0.15, 0.2) is 72.8 Å². The van der Waals surface area contributed by atoms with Gasteiger partial charge < -0.3 is 84.6 Å². The van der Waals surface area contributed by atoms with Gasteiger partial charge in [0.2, 0.25) is 53.2 Å². The summed E-state index contributed by atoms with van der Waals surface area (Å²) in [5, 5.41) is 76.7. The van der Waals surface area contributed by atoms with Gasteiger partial charge in [0.15, 0.2) is 0 Å². The number of carboxylic acids is 2. The molecule has 0 aliphatic rings. The molecule has 18 N–H and O–H groups in total. The van der Waals surface area contributed by atoms with Crippen molar-refractivity contribution in [1.82, 2.24) is 42.5 Å². The monoisotopic (exact) mass is 1020 g/mol. The Hall–Kier alpha value is -8.85. The van der Waals surface area contributed by atoms with Crippen LogP contribution in [0.1, 0.15) is 42.9 Å². The van der Waals surface area contributed by atoms with Crippen molar-refractivity contribution in [2.75, 3.05) is 19.7 Å². The number of rotatable bonds is 29. The van der Waals surface area contributed by atoms with Gasteiger partial charge in [-0.3, -0.25) is 47.9 Å². The molecule has 7 atom stereocenters. The zero-order chi connectivity index (χ0) is 54.4. The normalized spacial score (nSPS) is 13.6. The number of nitrogens with two attached hydrogens (primary N) is 2. The van der Waals surface area contributed by atoms with Crippen LogP contribution in [0.2, 0.25) is 0 Å². The maximum Gasteiger partial charge on any atom is 0.326 e. The summed E-state index contributed by atoms with van der Waals surface area (Å²) in [6, 6.07) is 5.21. The average Bonchev–Trinajstić information content (AvgIpc) is 3.33. The molecule has 27 nitrogen and oxygen atoms in total. The van der Waals surface area contributed by atoms with Crippen molar-refractivity contribution >= 4 is 65.1 Å². The van der Waals surface area contributed by atoms with E-state index in [1.165, 1.54) is 79.7 Å². The van der Waals surface area contributed by atoms with E-state index in [0.717, 1.165) is 0 Å². The molecule has 0 radical (unpaired) electrons. The minimum absolute atomic E-state index is 0.0897. The summed E-state index contributed by atoms with van der Waals surface area (Å²) in [4.78, 5) is 140. The number of aliphatic hydroxyl groups is 1. The molecule has 3 aromatic rings. The first-order valence-corrected chi connectivity index (χ1v) is 22.2. The predicted octanol–water partition coefficient (Wildman–Crippen LogP) is -4.86. The third kappa shape index (κ3) is 21.0. The molecular weight excluding hydrogens is 965 g/mol. The minimum atomic E-state index is -1.91. The molecule has 3 aromatic carbocycles. The van der Waals surface area contributed by atoms with Gasteiger partial charge in [0.05, 0.1) is 32.2 Å². The third-order valence-electron chi connectivity index (χ3n) is 10.5. The Labute approximate surface area is 415 Å². The fourth-order valence-electron chi connectivity index (χ4n) is 6.53. The minimum Gasteiger partial charge on any atom is -0.508 e. The fraction of sp³-hybridized carbons (Fsp3) is 0.370. The number of carbonyl (C=O) groups is 11. The maximum absolute atomic E-state index is 13.8. The highest BCUT2D eigenvalue weighted by atomic mass is 16.4. The maximum atomic E-state index is 13.8. The first kappa shape index (κ1) is 58.5. The van der Waals surface area contributed by atoms with Crippen molar-refractivity contribution in [3.63, 3.8) is 0 Å². The van der Waals surface area contributed by atoms with E-state index in [9.17, 15) is 83.4 Å². The van der Waals surface area contributed by atoms with Crippen molar-refractivity contribution < 1.29 is 83.4 Å². The van der Waals surface area contributed by atoms with Gasteiger partial charge >= 0.3 is 11.9 Å². The molecule has 73 heavy (non-hydrogen) atoms. The van der Waals surface area contributed by atoms with E-state index in [1.807, 2.05) is 0 Å². The molecule has 3 rings (SSSR count). The first-order valence-electron chi connectivity index (χ1n) is 22.2. The number of carboxylic acid groups (broad SMARTS) is 2. The Bertz CT molecular complexity index is 2460. The fourth-order valence-corrected chi connectivity index (χ4v) is 6.53. The summed E-state index contributed by atoms with van der Waals surface area (Å²) in [6.45, 7) is -1.33. The van der Waals surface area contributed by atoms with Crippen molar-refractivity contribution in [1.29, 1.82) is 0 Å². The van der Waals surface area contributed by atoms with Gasteiger partial charge in [0, 0.05) is 25.7 Å².